The van der Waals surface area contributed by atoms with Gasteiger partial charge in [0.05, 0.1) is 0 Å². The van der Waals surface area contributed by atoms with E-state index in [1.807, 2.05) is 30.3 Å². The van der Waals surface area contributed by atoms with Gasteiger partial charge in [0.2, 0.25) is 0 Å². The summed E-state index contributed by atoms with van der Waals surface area (Å²) < 4.78 is 4.54. The molecule has 3 nitrogen and oxygen atoms in total. The first kappa shape index (κ1) is 10.7. The molecule has 1 rings (SSSR count). The molecule has 0 fully saturated rings. The van der Waals surface area contributed by atoms with E-state index in [0.717, 1.165) is 5.56 Å². The van der Waals surface area contributed by atoms with Crippen LogP contribution in [-0.2, 0) is 16.1 Å². The summed E-state index contributed by atoms with van der Waals surface area (Å²) in [5, 5.41) is 0. The average Bonchev–Trinajstić information content (AvgIpc) is 2.19. The van der Waals surface area contributed by atoms with E-state index in [4.69, 9.17) is 0 Å². The maximum absolute atomic E-state index is 9.76. The Balaban J connectivity index is 0.000000561. The smallest absolute Gasteiger partial charge is 0.293 e. The van der Waals surface area contributed by atoms with Crippen molar-refractivity contribution in [1.82, 2.24) is 0 Å². The van der Waals surface area contributed by atoms with E-state index in [9.17, 15) is 4.79 Å². The maximum atomic E-state index is 9.76. The number of benzene rings is 1. The summed E-state index contributed by atoms with van der Waals surface area (Å²) in [5.74, 6) is 0. The molecular weight excluding hydrogens is 154 g/mol. The van der Waals surface area contributed by atoms with Crippen molar-refractivity contribution in [3.8, 4) is 0 Å². The number of ether oxygens (including phenoxy) is 1. The molecule has 0 saturated carbocycles. The van der Waals surface area contributed by atoms with Crippen LogP contribution in [0, 0.1) is 0 Å². The van der Waals surface area contributed by atoms with Gasteiger partial charge in [-0.05, 0) is 12.6 Å². The first-order valence-corrected chi connectivity index (χ1v) is 3.60. The van der Waals surface area contributed by atoms with Crippen molar-refractivity contribution in [2.24, 2.45) is 5.73 Å². The number of carbonyl (C=O) groups excluding carboxylic acids is 1. The number of rotatable bonds is 3. The van der Waals surface area contributed by atoms with Gasteiger partial charge in [-0.1, -0.05) is 30.3 Å². The molecule has 0 aliphatic carbocycles. The summed E-state index contributed by atoms with van der Waals surface area (Å²) in [6.07, 6.45) is 0. The Hall–Kier alpha value is -1.35. The van der Waals surface area contributed by atoms with Crippen LogP contribution < -0.4 is 5.73 Å². The molecule has 1 aromatic carbocycles. The lowest BCUT2D eigenvalue weighted by Gasteiger charge is -1.95. The van der Waals surface area contributed by atoms with Crippen LogP contribution in [0.15, 0.2) is 30.3 Å². The van der Waals surface area contributed by atoms with Crippen molar-refractivity contribution in [1.29, 1.82) is 0 Å². The Kier molecular flexibility index (Phi) is 6.88. The molecule has 66 valence electrons. The third-order valence-electron chi connectivity index (χ3n) is 1.16. The molecule has 12 heavy (non-hydrogen) atoms. The molecule has 2 N–H and O–H groups in total. The molecular formula is C9H13NO2. The summed E-state index contributed by atoms with van der Waals surface area (Å²) in [7, 11) is 1.50. The van der Waals surface area contributed by atoms with E-state index in [1.165, 1.54) is 7.05 Å². The van der Waals surface area contributed by atoms with Crippen molar-refractivity contribution in [3.63, 3.8) is 0 Å². The van der Waals surface area contributed by atoms with E-state index in [-0.39, 0.29) is 0 Å². The quantitative estimate of drug-likeness (QED) is 0.681. The highest BCUT2D eigenvalue weighted by Gasteiger charge is 1.87. The lowest BCUT2D eigenvalue weighted by molar-refractivity contribution is -0.129. The minimum Gasteiger partial charge on any atom is -0.463 e. The zero-order chi connectivity index (χ0) is 9.23. The monoisotopic (exact) mass is 167 g/mol. The highest BCUT2D eigenvalue weighted by atomic mass is 16.5. The van der Waals surface area contributed by atoms with Crippen molar-refractivity contribution in [2.45, 2.75) is 6.61 Å². The highest BCUT2D eigenvalue weighted by molar-refractivity contribution is 5.37. The van der Waals surface area contributed by atoms with E-state index < -0.39 is 0 Å². The molecule has 0 spiro atoms. The van der Waals surface area contributed by atoms with Gasteiger partial charge in [0.1, 0.15) is 6.61 Å². The van der Waals surface area contributed by atoms with Gasteiger partial charge >= 0.3 is 0 Å². The van der Waals surface area contributed by atoms with Crippen LogP contribution in [0.3, 0.4) is 0 Å². The van der Waals surface area contributed by atoms with Crippen LogP contribution in [0.1, 0.15) is 5.56 Å². The molecule has 0 unspecified atom stereocenters. The first-order valence-electron chi connectivity index (χ1n) is 3.60. The van der Waals surface area contributed by atoms with Gasteiger partial charge in [-0.15, -0.1) is 0 Å². The lowest BCUT2D eigenvalue weighted by Crippen LogP contribution is -1.88. The van der Waals surface area contributed by atoms with Crippen LogP contribution in [0.25, 0.3) is 0 Å². The maximum Gasteiger partial charge on any atom is 0.293 e. The van der Waals surface area contributed by atoms with E-state index in [1.54, 1.807) is 0 Å². The SMILES string of the molecule is CN.O=COCc1ccccc1. The molecule has 0 radical (unpaired) electrons. The second-order valence-corrected chi connectivity index (χ2v) is 1.89. The van der Waals surface area contributed by atoms with Gasteiger partial charge in [0.15, 0.2) is 0 Å². The molecule has 0 heterocycles. The Morgan fingerprint density at radius 1 is 1.33 bits per heavy atom. The van der Waals surface area contributed by atoms with Crippen LogP contribution in [0.2, 0.25) is 0 Å². The van der Waals surface area contributed by atoms with Gasteiger partial charge in [0.25, 0.3) is 6.47 Å². The molecule has 0 aromatic heterocycles. The predicted octanol–water partition coefficient (Wildman–Crippen LogP) is 0.934. The van der Waals surface area contributed by atoms with Crippen LogP contribution in [0.4, 0.5) is 0 Å². The van der Waals surface area contributed by atoms with Crippen molar-refractivity contribution in [3.05, 3.63) is 35.9 Å². The third-order valence-corrected chi connectivity index (χ3v) is 1.16. The number of hydrogen-bond acceptors (Lipinski definition) is 3. The van der Waals surface area contributed by atoms with E-state index in [0.29, 0.717) is 13.1 Å². The summed E-state index contributed by atoms with van der Waals surface area (Å²) in [6.45, 7) is 0.817. The van der Waals surface area contributed by atoms with Gasteiger partial charge < -0.3 is 10.5 Å². The second kappa shape index (κ2) is 7.75. The normalized spacial score (nSPS) is 7.83. The zero-order valence-corrected chi connectivity index (χ0v) is 7.07. The minimum absolute atomic E-state index is 0.365. The van der Waals surface area contributed by atoms with Crippen LogP contribution >= 0.6 is 0 Å². The zero-order valence-electron chi connectivity index (χ0n) is 7.07. The molecule has 0 atom stereocenters. The highest BCUT2D eigenvalue weighted by Crippen LogP contribution is 1.98. The summed E-state index contributed by atoms with van der Waals surface area (Å²) in [6, 6.07) is 9.55. The molecule has 0 saturated heterocycles. The van der Waals surface area contributed by atoms with E-state index in [2.05, 4.69) is 10.5 Å². The fraction of sp³-hybridized carbons (Fsp3) is 0.222. The second-order valence-electron chi connectivity index (χ2n) is 1.89. The van der Waals surface area contributed by atoms with Gasteiger partial charge in [-0.3, -0.25) is 4.79 Å². The fourth-order valence-corrected chi connectivity index (χ4v) is 0.704. The third kappa shape index (κ3) is 4.46. The Morgan fingerprint density at radius 2 is 1.92 bits per heavy atom. The Morgan fingerprint density at radius 3 is 2.42 bits per heavy atom. The van der Waals surface area contributed by atoms with Crippen molar-refractivity contribution < 1.29 is 9.53 Å². The fourth-order valence-electron chi connectivity index (χ4n) is 0.704. The molecule has 3 heteroatoms. The minimum atomic E-state index is 0.365. The summed E-state index contributed by atoms with van der Waals surface area (Å²) in [4.78, 5) is 9.76. The van der Waals surface area contributed by atoms with E-state index >= 15 is 0 Å². The Labute approximate surface area is 72.1 Å². The number of carbonyl (C=O) groups is 1. The first-order chi connectivity index (χ1) is 5.93. The topological polar surface area (TPSA) is 52.3 Å². The predicted molar refractivity (Wildman–Crippen MR) is 47.4 cm³/mol. The Bertz CT molecular complexity index is 199. The molecule has 1 aromatic rings. The summed E-state index contributed by atoms with van der Waals surface area (Å²) >= 11 is 0. The van der Waals surface area contributed by atoms with Crippen LogP contribution in [0.5, 0.6) is 0 Å². The standard InChI is InChI=1S/C8H8O2.CH5N/c9-7-10-6-8-4-2-1-3-5-8;1-2/h1-5,7H,6H2;2H2,1H3. The van der Waals surface area contributed by atoms with Crippen molar-refractivity contribution >= 4 is 6.47 Å². The van der Waals surface area contributed by atoms with Gasteiger partial charge in [-0.25, -0.2) is 0 Å². The van der Waals surface area contributed by atoms with Gasteiger partial charge in [-0.2, -0.15) is 0 Å². The lowest BCUT2D eigenvalue weighted by atomic mass is 10.2. The van der Waals surface area contributed by atoms with Gasteiger partial charge in [0, 0.05) is 0 Å². The summed E-state index contributed by atoms with van der Waals surface area (Å²) in [5.41, 5.74) is 5.51. The van der Waals surface area contributed by atoms with Crippen molar-refractivity contribution in [2.75, 3.05) is 7.05 Å². The number of hydrogen-bond donors (Lipinski definition) is 1. The largest absolute Gasteiger partial charge is 0.463 e. The average molecular weight is 167 g/mol. The number of nitrogens with two attached hydrogens (primary N) is 1. The van der Waals surface area contributed by atoms with Crippen LogP contribution in [-0.4, -0.2) is 13.5 Å². The molecule has 0 aliphatic heterocycles. The molecule has 0 amide bonds. The molecule has 0 aliphatic rings. The molecule has 0 bridgehead atoms.